The highest BCUT2D eigenvalue weighted by Crippen LogP contribution is 2.39. The Balaban J connectivity index is 1.95. The van der Waals surface area contributed by atoms with Crippen LogP contribution in [0.5, 0.6) is 0 Å². The first kappa shape index (κ1) is 17.8. The molecule has 136 valence electrons. The van der Waals surface area contributed by atoms with Crippen LogP contribution in [0.15, 0.2) is 41.7 Å². The van der Waals surface area contributed by atoms with Gasteiger partial charge in [0.1, 0.15) is 6.04 Å². The number of carboxylic acids is 1. The maximum Gasteiger partial charge on any atom is 0.328 e. The van der Waals surface area contributed by atoms with Gasteiger partial charge in [-0.2, -0.15) is 0 Å². The number of hydrogen-bond acceptors (Lipinski definition) is 5. The van der Waals surface area contributed by atoms with E-state index < -0.39 is 17.4 Å². The molecule has 1 aliphatic carbocycles. The summed E-state index contributed by atoms with van der Waals surface area (Å²) in [5.41, 5.74) is 8.55. The predicted octanol–water partition coefficient (Wildman–Crippen LogP) is 1.74. The van der Waals surface area contributed by atoms with E-state index in [1.807, 2.05) is 32.0 Å². The van der Waals surface area contributed by atoms with Crippen LogP contribution in [0.1, 0.15) is 32.3 Å². The summed E-state index contributed by atoms with van der Waals surface area (Å²) in [4.78, 5) is 14.2. The molecule has 6 heteroatoms. The van der Waals surface area contributed by atoms with Gasteiger partial charge in [0.25, 0.3) is 0 Å². The van der Waals surface area contributed by atoms with Crippen LogP contribution in [-0.4, -0.2) is 40.1 Å². The van der Waals surface area contributed by atoms with Crippen LogP contribution in [-0.2, 0) is 11.3 Å². The normalized spacial score (nSPS) is 26.2. The second-order valence-electron chi connectivity index (χ2n) is 7.94. The Morgan fingerprint density at radius 3 is 2.48 bits per heavy atom. The van der Waals surface area contributed by atoms with Gasteiger partial charge in [-0.15, -0.1) is 0 Å². The largest absolute Gasteiger partial charge is 0.480 e. The first-order valence-electron chi connectivity index (χ1n) is 8.81. The average molecular weight is 344 g/mol. The van der Waals surface area contributed by atoms with Gasteiger partial charge < -0.3 is 10.8 Å². The molecule has 1 aromatic carbocycles. The molecule has 25 heavy (non-hydrogen) atoms. The van der Waals surface area contributed by atoms with Gasteiger partial charge in [-0.1, -0.05) is 44.2 Å². The number of carbonyl (C=O) groups is 1. The predicted molar refractivity (Wildman–Crippen MR) is 96.9 cm³/mol. The lowest BCUT2D eigenvalue weighted by molar-refractivity contribution is -0.146. The lowest BCUT2D eigenvalue weighted by Crippen LogP contribution is -2.54. The van der Waals surface area contributed by atoms with Crippen LogP contribution in [0.25, 0.3) is 0 Å². The van der Waals surface area contributed by atoms with Gasteiger partial charge in [0.05, 0.1) is 5.70 Å². The van der Waals surface area contributed by atoms with Crippen molar-refractivity contribution in [2.45, 2.75) is 39.3 Å². The summed E-state index contributed by atoms with van der Waals surface area (Å²) in [5, 5.41) is 11.2. The molecule has 2 aliphatic rings. The summed E-state index contributed by atoms with van der Waals surface area (Å²) < 4.78 is 0. The first-order valence-corrected chi connectivity index (χ1v) is 8.81. The summed E-state index contributed by atoms with van der Waals surface area (Å²) in [6.45, 7) is 5.86. The summed E-state index contributed by atoms with van der Waals surface area (Å²) in [7, 11) is 0. The van der Waals surface area contributed by atoms with Crippen molar-refractivity contribution in [1.82, 2.24) is 9.91 Å². The van der Waals surface area contributed by atoms with Crippen molar-refractivity contribution in [2.75, 3.05) is 13.1 Å². The number of hydrazine groups is 1. The Morgan fingerprint density at radius 2 is 1.92 bits per heavy atom. The van der Waals surface area contributed by atoms with E-state index in [0.717, 1.165) is 30.8 Å². The van der Waals surface area contributed by atoms with E-state index >= 15 is 0 Å². The van der Waals surface area contributed by atoms with Gasteiger partial charge in [0.15, 0.2) is 0 Å². The second kappa shape index (κ2) is 6.69. The van der Waals surface area contributed by atoms with Crippen LogP contribution >= 0.6 is 0 Å². The Hall–Kier alpha value is -2.05. The zero-order valence-corrected chi connectivity index (χ0v) is 15.0. The molecule has 1 saturated heterocycles. The summed E-state index contributed by atoms with van der Waals surface area (Å²) in [5.74, 6) is 5.75. The quantitative estimate of drug-likeness (QED) is 0.720. The number of hydrogen-bond donors (Lipinski definition) is 3. The van der Waals surface area contributed by atoms with Gasteiger partial charge in [0.2, 0.25) is 0 Å². The highest BCUT2D eigenvalue weighted by atomic mass is 16.4. The number of benzene rings is 1. The SMILES string of the molecule is CC1(C)CN(Cc2ccccc2)C/C(=C(/N)C2CC2)N(N)C1C(=O)O. The van der Waals surface area contributed by atoms with Crippen molar-refractivity contribution < 1.29 is 9.90 Å². The number of carboxylic acid groups (broad SMARTS) is 1. The van der Waals surface area contributed by atoms with Crippen LogP contribution in [0.2, 0.25) is 0 Å². The molecule has 1 aliphatic heterocycles. The van der Waals surface area contributed by atoms with Gasteiger partial charge in [-0.3, -0.25) is 9.91 Å². The van der Waals surface area contributed by atoms with E-state index in [9.17, 15) is 9.90 Å². The molecule has 5 N–H and O–H groups in total. The van der Waals surface area contributed by atoms with Gasteiger partial charge in [-0.25, -0.2) is 10.6 Å². The lowest BCUT2D eigenvalue weighted by atomic mass is 9.83. The van der Waals surface area contributed by atoms with Crippen LogP contribution in [0.3, 0.4) is 0 Å². The number of nitrogens with two attached hydrogens (primary N) is 2. The van der Waals surface area contributed by atoms with E-state index in [0.29, 0.717) is 19.0 Å². The van der Waals surface area contributed by atoms with Crippen molar-refractivity contribution >= 4 is 5.97 Å². The molecule has 1 atom stereocenters. The molecule has 1 unspecified atom stereocenters. The average Bonchev–Trinajstić information content (AvgIpc) is 3.36. The highest BCUT2D eigenvalue weighted by molar-refractivity contribution is 5.75. The fraction of sp³-hybridized carbons (Fsp3) is 0.526. The molecule has 0 spiro atoms. The van der Waals surface area contributed by atoms with Crippen molar-refractivity contribution in [1.29, 1.82) is 0 Å². The standard InChI is InChI=1S/C19H28N4O2/c1-19(2)12-22(10-13-6-4-3-5-7-13)11-15(16(20)14-8-9-14)23(21)17(19)18(24)25/h3-7,14,17H,8-12,20-21H2,1-2H3,(H,24,25)/b16-15-. The van der Waals surface area contributed by atoms with Gasteiger partial charge in [0, 0.05) is 36.7 Å². The molecule has 1 saturated carbocycles. The molecule has 0 aromatic heterocycles. The molecular weight excluding hydrogens is 316 g/mol. The molecule has 1 aromatic rings. The number of aliphatic carboxylic acids is 1. The highest BCUT2D eigenvalue weighted by Gasteiger charge is 2.45. The Labute approximate surface area is 149 Å². The fourth-order valence-electron chi connectivity index (χ4n) is 3.82. The van der Waals surface area contributed by atoms with E-state index in [2.05, 4.69) is 17.0 Å². The minimum atomic E-state index is -0.907. The van der Waals surface area contributed by atoms with Crippen LogP contribution < -0.4 is 11.6 Å². The first-order chi connectivity index (χ1) is 11.8. The maximum absolute atomic E-state index is 11.9. The number of allylic oxidation sites excluding steroid dienone is 1. The minimum Gasteiger partial charge on any atom is -0.480 e. The minimum absolute atomic E-state index is 0.343. The van der Waals surface area contributed by atoms with Crippen molar-refractivity contribution in [3.05, 3.63) is 47.3 Å². The molecule has 0 bridgehead atoms. The van der Waals surface area contributed by atoms with Gasteiger partial charge in [-0.05, 0) is 18.4 Å². The third kappa shape index (κ3) is 3.80. The van der Waals surface area contributed by atoms with Gasteiger partial charge >= 0.3 is 5.97 Å². The molecule has 3 rings (SSSR count). The summed E-state index contributed by atoms with van der Waals surface area (Å²) in [6, 6.07) is 9.39. The third-order valence-electron chi connectivity index (χ3n) is 5.17. The zero-order valence-electron chi connectivity index (χ0n) is 15.0. The van der Waals surface area contributed by atoms with Crippen molar-refractivity contribution in [3.63, 3.8) is 0 Å². The fourth-order valence-corrected chi connectivity index (χ4v) is 3.82. The van der Waals surface area contributed by atoms with E-state index in [1.165, 1.54) is 10.6 Å². The van der Waals surface area contributed by atoms with Crippen molar-refractivity contribution in [3.8, 4) is 0 Å². The third-order valence-corrected chi connectivity index (χ3v) is 5.17. The Morgan fingerprint density at radius 1 is 1.28 bits per heavy atom. The Bertz CT molecular complexity index is 667. The van der Waals surface area contributed by atoms with Crippen LogP contribution in [0.4, 0.5) is 0 Å². The topological polar surface area (TPSA) is 95.8 Å². The number of nitrogens with zero attached hydrogens (tertiary/aromatic N) is 2. The molecule has 2 fully saturated rings. The van der Waals surface area contributed by atoms with E-state index in [1.54, 1.807) is 0 Å². The zero-order chi connectivity index (χ0) is 18.2. The Kier molecular flexibility index (Phi) is 4.75. The smallest absolute Gasteiger partial charge is 0.328 e. The molecule has 0 radical (unpaired) electrons. The molecular formula is C19H28N4O2. The monoisotopic (exact) mass is 344 g/mol. The molecule has 6 nitrogen and oxygen atoms in total. The van der Waals surface area contributed by atoms with Crippen molar-refractivity contribution in [2.24, 2.45) is 22.9 Å². The second-order valence-corrected chi connectivity index (χ2v) is 7.94. The van der Waals surface area contributed by atoms with E-state index in [-0.39, 0.29) is 0 Å². The number of rotatable bonds is 4. The summed E-state index contributed by atoms with van der Waals surface area (Å²) in [6.07, 6.45) is 2.12. The lowest BCUT2D eigenvalue weighted by Gasteiger charge is -2.36. The maximum atomic E-state index is 11.9. The van der Waals surface area contributed by atoms with E-state index in [4.69, 9.17) is 11.6 Å². The molecule has 0 amide bonds. The summed E-state index contributed by atoms with van der Waals surface area (Å²) >= 11 is 0. The van der Waals surface area contributed by atoms with Crippen LogP contribution in [0, 0.1) is 11.3 Å². The molecule has 1 heterocycles.